The maximum atomic E-state index is 12.0. The number of nitrogens with zero attached hydrogens (tertiary/aromatic N) is 1. The third-order valence-electron chi connectivity index (χ3n) is 9.60. The van der Waals surface area contributed by atoms with Gasteiger partial charge in [-0.25, -0.2) is 0 Å². The molecule has 268 valence electrons. The summed E-state index contributed by atoms with van der Waals surface area (Å²) >= 11 is 1.69. The van der Waals surface area contributed by atoms with Crippen LogP contribution in [0.1, 0.15) is 54.1 Å². The van der Waals surface area contributed by atoms with Gasteiger partial charge in [-0.1, -0.05) is 0 Å². The van der Waals surface area contributed by atoms with Gasteiger partial charge in [-0.15, -0.1) is 0 Å². The van der Waals surface area contributed by atoms with Gasteiger partial charge in [0.05, 0.1) is 0 Å². The van der Waals surface area contributed by atoms with Crippen LogP contribution in [0.25, 0.3) is 39.1 Å². The topological polar surface area (TPSA) is 112 Å². The van der Waals surface area contributed by atoms with Crippen LogP contribution in [-0.2, 0) is 25.7 Å². The summed E-state index contributed by atoms with van der Waals surface area (Å²) in [5, 5.41) is 0. The molecule has 0 spiro atoms. The molecule has 3 aromatic carbocycles. The molecule has 0 saturated carbocycles. The summed E-state index contributed by atoms with van der Waals surface area (Å²) in [6.07, 6.45) is 11.4. The van der Waals surface area contributed by atoms with Crippen LogP contribution in [0.2, 0.25) is 0 Å². The zero-order chi connectivity index (χ0) is 37.7. The minimum atomic E-state index is -4.33. The van der Waals surface area contributed by atoms with Gasteiger partial charge in [-0.3, -0.25) is 4.55 Å². The first-order valence-corrected chi connectivity index (χ1v) is 22.3. The van der Waals surface area contributed by atoms with Gasteiger partial charge in [0.2, 0.25) is 0 Å². The Balaban J connectivity index is 1.16. The zero-order valence-electron chi connectivity index (χ0n) is 29.4. The van der Waals surface area contributed by atoms with E-state index in [9.17, 15) is 25.9 Å². The van der Waals surface area contributed by atoms with Crippen LogP contribution < -0.4 is 0 Å². The van der Waals surface area contributed by atoms with E-state index in [0.29, 0.717) is 0 Å². The fourth-order valence-corrected chi connectivity index (χ4v) is 11.0. The van der Waals surface area contributed by atoms with E-state index < -0.39 is 25.7 Å². The van der Waals surface area contributed by atoms with Crippen LogP contribution in [0.15, 0.2) is 136 Å². The van der Waals surface area contributed by atoms with Crippen molar-refractivity contribution < 1.29 is 30.5 Å². The summed E-state index contributed by atoms with van der Waals surface area (Å²) in [4.78, 5) is 1.80. The second-order valence-corrected chi connectivity index (χ2v) is 19.7. The number of fused-ring (bicyclic) bond motifs is 2. The summed E-state index contributed by atoms with van der Waals surface area (Å²) in [7, 11) is -8.60. The molecule has 0 radical (unpaired) electrons. The van der Waals surface area contributed by atoms with E-state index >= 15 is 0 Å². The Morgan fingerprint density at radius 2 is 1.36 bits per heavy atom. The third-order valence-corrected chi connectivity index (χ3v) is 14.6. The molecule has 5 aromatic rings. The van der Waals surface area contributed by atoms with Crippen LogP contribution >= 0.6 is 11.3 Å². The Labute approximate surface area is 320 Å². The molecule has 0 saturated heterocycles. The fraction of sp³-hybridized carbons (Fsp3) is 0.143. The molecular weight excluding hydrogens is 790 g/mol. The molecule has 2 aliphatic rings. The van der Waals surface area contributed by atoms with Crippen molar-refractivity contribution >= 4 is 75.7 Å². The van der Waals surface area contributed by atoms with Crippen molar-refractivity contribution in [2.75, 3.05) is 0 Å². The van der Waals surface area contributed by atoms with Crippen molar-refractivity contribution in [3.8, 4) is 20.9 Å². The molecule has 11 heteroatoms. The van der Waals surface area contributed by atoms with E-state index in [-0.39, 0.29) is 24.3 Å². The number of hydrogen-bond acceptors (Lipinski definition) is 4. The zero-order valence-corrected chi connectivity index (χ0v) is 33.6. The van der Waals surface area contributed by atoms with Crippen LogP contribution in [0.3, 0.4) is 0 Å². The van der Waals surface area contributed by atoms with Gasteiger partial charge in [0, 0.05) is 0 Å². The van der Waals surface area contributed by atoms with E-state index in [1.54, 1.807) is 35.6 Å². The first kappa shape index (κ1) is 37.0. The molecule has 7 nitrogen and oxygen atoms in total. The SMILES string of the molecule is CCC1=C(C)/C(=C/c2ccc(/C=C/C=C/c3cc(-c4ccccc4)[s+]c(-c4ccc(S(=O)(=O)O)cc4)c3)[se]2)C2=[N+]1c1ccc(S(=O)(=O)O)cc1C2(C)C. The fourth-order valence-electron chi connectivity index (χ4n) is 7.03. The van der Waals surface area contributed by atoms with Gasteiger partial charge >= 0.3 is 299 Å². The second kappa shape index (κ2) is 14.2. The van der Waals surface area contributed by atoms with Crippen molar-refractivity contribution in [3.05, 3.63) is 146 Å². The maximum absolute atomic E-state index is 12.0. The summed E-state index contributed by atoms with van der Waals surface area (Å²) in [6, 6.07) is 29.8. The first-order chi connectivity index (χ1) is 25.1. The van der Waals surface area contributed by atoms with E-state index in [1.165, 1.54) is 38.3 Å². The minimum absolute atomic E-state index is 0.0853. The van der Waals surface area contributed by atoms with Gasteiger partial charge in [0.15, 0.2) is 0 Å². The Morgan fingerprint density at radius 3 is 2.00 bits per heavy atom. The summed E-state index contributed by atoms with van der Waals surface area (Å²) in [5.41, 5.74) is 8.98. The summed E-state index contributed by atoms with van der Waals surface area (Å²) in [6.45, 7) is 8.52. The molecule has 0 atom stereocenters. The molecule has 4 heterocycles. The molecular formula is C42H37NO6S3Se+2. The number of benzene rings is 3. The van der Waals surface area contributed by atoms with Crippen LogP contribution in [-0.4, -0.2) is 50.7 Å². The van der Waals surface area contributed by atoms with E-state index in [2.05, 4.69) is 86.9 Å². The molecule has 0 aliphatic carbocycles. The van der Waals surface area contributed by atoms with E-state index in [0.717, 1.165) is 55.4 Å². The van der Waals surface area contributed by atoms with Crippen LogP contribution in [0.4, 0.5) is 5.69 Å². The van der Waals surface area contributed by atoms with Crippen molar-refractivity contribution in [1.82, 2.24) is 0 Å². The molecule has 53 heavy (non-hydrogen) atoms. The predicted molar refractivity (Wildman–Crippen MR) is 216 cm³/mol. The van der Waals surface area contributed by atoms with Gasteiger partial charge in [-0.05, 0) is 0 Å². The monoisotopic (exact) mass is 827 g/mol. The number of rotatable bonds is 9. The van der Waals surface area contributed by atoms with Crippen molar-refractivity contribution in [2.24, 2.45) is 0 Å². The molecule has 2 aromatic heterocycles. The molecule has 0 fully saturated rings. The van der Waals surface area contributed by atoms with Crippen molar-refractivity contribution in [3.63, 3.8) is 0 Å². The number of allylic oxidation sites excluding steroid dienone is 5. The average molecular weight is 827 g/mol. The Morgan fingerprint density at radius 1 is 0.755 bits per heavy atom. The van der Waals surface area contributed by atoms with Crippen molar-refractivity contribution in [2.45, 2.75) is 49.3 Å². The first-order valence-electron chi connectivity index (χ1n) is 16.9. The van der Waals surface area contributed by atoms with E-state index in [1.807, 2.05) is 30.4 Å². The van der Waals surface area contributed by atoms with Gasteiger partial charge < -0.3 is 0 Å². The molecule has 0 bridgehead atoms. The van der Waals surface area contributed by atoms with Gasteiger partial charge in [0.1, 0.15) is 0 Å². The van der Waals surface area contributed by atoms with E-state index in [4.69, 9.17) is 0 Å². The average Bonchev–Trinajstić information content (AvgIpc) is 3.77. The molecule has 7 rings (SSSR count). The normalized spacial score (nSPS) is 16.4. The quantitative estimate of drug-likeness (QED) is 0.0504. The van der Waals surface area contributed by atoms with Crippen molar-refractivity contribution in [1.29, 1.82) is 0 Å². The Bertz CT molecular complexity index is 2670. The van der Waals surface area contributed by atoms with Gasteiger partial charge in [-0.2, -0.15) is 8.42 Å². The molecule has 0 unspecified atom stereocenters. The number of hydrogen-bond donors (Lipinski definition) is 2. The third kappa shape index (κ3) is 7.31. The predicted octanol–water partition coefficient (Wildman–Crippen LogP) is 9.80. The second-order valence-electron chi connectivity index (χ2n) is 13.4. The molecule has 2 N–H and O–H groups in total. The van der Waals surface area contributed by atoms with Gasteiger partial charge in [0.25, 0.3) is 10.1 Å². The molecule has 2 aliphatic heterocycles. The Kier molecular flexibility index (Phi) is 9.88. The summed E-state index contributed by atoms with van der Waals surface area (Å²) in [5.74, 6) is 0. The standard InChI is InChI=1S/C42H35NO6S3Se/c1-5-37-27(2)35(41-42(3,4)36-25-32(52(47,48)49)19-22-38(36)43(37)41)26-34-21-20-33(53-34)14-10-9-11-28-23-39(29-12-7-6-8-13-29)50-40(24-28)30-15-17-31(18-16-30)51(44,45)46/h6-26H,5H2,1-4H3/p+2/b11-9+,14-10+,35-26-. The van der Waals surface area contributed by atoms with Crippen LogP contribution in [0.5, 0.6) is 0 Å². The van der Waals surface area contributed by atoms with Crippen LogP contribution in [0, 0.1) is 0 Å². The Hall–Kier alpha value is -4.32. The summed E-state index contributed by atoms with van der Waals surface area (Å²) < 4.78 is 71.1. The molecule has 0 amide bonds.